The molecule has 0 spiro atoms. The van der Waals surface area contributed by atoms with Crippen molar-refractivity contribution in [1.29, 1.82) is 0 Å². The summed E-state index contributed by atoms with van der Waals surface area (Å²) in [6, 6.07) is 19.2. The summed E-state index contributed by atoms with van der Waals surface area (Å²) in [5, 5.41) is 11.2. The predicted octanol–water partition coefficient (Wildman–Crippen LogP) is 3.77. The molecule has 3 aromatic rings. The Bertz CT molecular complexity index is 1350. The van der Waals surface area contributed by atoms with Crippen LogP contribution >= 0.6 is 27.7 Å². The van der Waals surface area contributed by atoms with Crippen molar-refractivity contribution in [2.24, 2.45) is 10.1 Å². The van der Waals surface area contributed by atoms with Crippen molar-refractivity contribution in [2.75, 3.05) is 5.75 Å². The average Bonchev–Trinajstić information content (AvgIpc) is 3.27. The van der Waals surface area contributed by atoms with Gasteiger partial charge in [0, 0.05) is 21.0 Å². The summed E-state index contributed by atoms with van der Waals surface area (Å²) in [6.45, 7) is 3.73. The number of amides is 1. The van der Waals surface area contributed by atoms with Crippen LogP contribution in [-0.4, -0.2) is 21.8 Å². The van der Waals surface area contributed by atoms with Crippen molar-refractivity contribution in [2.45, 2.75) is 6.17 Å². The lowest BCUT2D eigenvalue weighted by molar-refractivity contribution is -0.116. The number of hydrogen-bond donors (Lipinski definition) is 1. The van der Waals surface area contributed by atoms with Crippen LogP contribution in [0.4, 0.5) is 0 Å². The fourth-order valence-electron chi connectivity index (χ4n) is 3.50. The normalized spacial score (nSPS) is 17.3. The number of thioether (sulfide) groups is 1. The molecule has 1 atom stereocenters. The van der Waals surface area contributed by atoms with Gasteiger partial charge in [-0.2, -0.15) is 0 Å². The summed E-state index contributed by atoms with van der Waals surface area (Å²) in [4.78, 5) is 17.9. The molecule has 5 rings (SSSR count). The zero-order valence-electron chi connectivity index (χ0n) is 16.3. The summed E-state index contributed by atoms with van der Waals surface area (Å²) in [7, 11) is 0. The van der Waals surface area contributed by atoms with E-state index >= 15 is 0 Å². The van der Waals surface area contributed by atoms with Gasteiger partial charge in [-0.3, -0.25) is 10.1 Å². The number of furan rings is 1. The highest BCUT2D eigenvalue weighted by Crippen LogP contribution is 2.34. The molecule has 8 heteroatoms. The van der Waals surface area contributed by atoms with E-state index in [1.807, 2.05) is 60.7 Å². The first-order valence-corrected chi connectivity index (χ1v) is 11.4. The molecule has 0 saturated carbocycles. The Hall–Kier alpha value is -3.10. The highest BCUT2D eigenvalue weighted by atomic mass is 79.9. The molecule has 0 saturated heterocycles. The van der Waals surface area contributed by atoms with E-state index < -0.39 is 6.17 Å². The number of rotatable bonds is 4. The first-order valence-electron chi connectivity index (χ1n) is 9.60. The molecule has 0 aliphatic carbocycles. The molecule has 1 amide bonds. The Balaban J connectivity index is 1.62. The van der Waals surface area contributed by atoms with E-state index in [9.17, 15) is 4.79 Å². The van der Waals surface area contributed by atoms with Crippen LogP contribution in [0.25, 0.3) is 17.0 Å². The molecule has 1 aromatic heterocycles. The summed E-state index contributed by atoms with van der Waals surface area (Å²) in [6.07, 6.45) is 1.18. The maximum absolute atomic E-state index is 13.0. The van der Waals surface area contributed by atoms with Crippen molar-refractivity contribution in [3.8, 4) is 11.3 Å². The molecular formula is C23H17BrN4O2S. The number of benzene rings is 2. The monoisotopic (exact) mass is 492 g/mol. The highest BCUT2D eigenvalue weighted by molar-refractivity contribution is 9.10. The Morgan fingerprint density at radius 2 is 2.06 bits per heavy atom. The molecule has 6 nitrogen and oxygen atoms in total. The second-order valence-corrected chi connectivity index (χ2v) is 8.81. The van der Waals surface area contributed by atoms with Crippen molar-refractivity contribution in [3.05, 3.63) is 94.1 Å². The number of para-hydroxylation sites is 1. The first kappa shape index (κ1) is 19.8. The summed E-state index contributed by atoms with van der Waals surface area (Å²) >= 11 is 4.90. The van der Waals surface area contributed by atoms with Crippen LogP contribution in [-0.2, 0) is 4.79 Å². The topological polar surface area (TPSA) is 70.2 Å². The van der Waals surface area contributed by atoms with Gasteiger partial charge in [0.15, 0.2) is 10.9 Å². The fraction of sp³-hybridized carbons (Fsp3) is 0.0870. The Labute approximate surface area is 191 Å². The highest BCUT2D eigenvalue weighted by Gasteiger charge is 2.35. The van der Waals surface area contributed by atoms with Gasteiger partial charge in [0.1, 0.15) is 11.5 Å². The van der Waals surface area contributed by atoms with Crippen molar-refractivity contribution < 1.29 is 9.21 Å². The third-order valence-corrected chi connectivity index (χ3v) is 6.20. The van der Waals surface area contributed by atoms with E-state index in [1.165, 1.54) is 11.8 Å². The molecule has 154 valence electrons. The first-order chi connectivity index (χ1) is 15.1. The van der Waals surface area contributed by atoms with E-state index in [4.69, 9.17) is 9.41 Å². The minimum Gasteiger partial charge on any atom is -0.457 e. The minimum absolute atomic E-state index is 0.215. The third kappa shape index (κ3) is 3.73. The van der Waals surface area contributed by atoms with Gasteiger partial charge in [-0.25, -0.2) is 10.0 Å². The summed E-state index contributed by atoms with van der Waals surface area (Å²) in [5.74, 6) is 1.74. The lowest BCUT2D eigenvalue weighted by Gasteiger charge is -2.32. The van der Waals surface area contributed by atoms with E-state index in [2.05, 4.69) is 32.9 Å². The number of halogens is 1. The molecule has 0 radical (unpaired) electrons. The number of carbonyl (C=O) groups is 1. The number of fused-ring (bicyclic) bond motifs is 2. The maximum Gasteiger partial charge on any atom is 0.276 e. The Kier molecular flexibility index (Phi) is 5.25. The van der Waals surface area contributed by atoms with Crippen LogP contribution in [0.5, 0.6) is 0 Å². The standard InChI is InChI=1S/C23H17BrN4O2S/c1-2-12-31-23-26-22(29)20-16-8-3-4-9-17(16)25-21(28(20)27-23)19-11-10-18(30-19)14-6-5-7-15(24)13-14/h2-11,13,21H,1,12H2,(H,26,27,29)/t21-/m1/s1. The van der Waals surface area contributed by atoms with Crippen molar-refractivity contribution >= 4 is 44.5 Å². The van der Waals surface area contributed by atoms with Gasteiger partial charge >= 0.3 is 0 Å². The molecule has 2 aliphatic rings. The number of nitrogens with zero attached hydrogens (tertiary/aromatic N) is 3. The number of amidine groups is 1. The zero-order chi connectivity index (χ0) is 21.4. The lowest BCUT2D eigenvalue weighted by atomic mass is 10.1. The quantitative estimate of drug-likeness (QED) is 0.562. The third-order valence-electron chi connectivity index (χ3n) is 4.84. The number of hydrazone groups is 1. The average molecular weight is 493 g/mol. The van der Waals surface area contributed by atoms with Gasteiger partial charge < -0.3 is 4.42 Å². The van der Waals surface area contributed by atoms with Gasteiger partial charge in [-0.1, -0.05) is 64.1 Å². The molecule has 2 aromatic carbocycles. The van der Waals surface area contributed by atoms with Gasteiger partial charge in [0.25, 0.3) is 5.91 Å². The second-order valence-electron chi connectivity index (χ2n) is 6.88. The second kappa shape index (κ2) is 8.20. The largest absolute Gasteiger partial charge is 0.457 e. The van der Waals surface area contributed by atoms with Crippen LogP contribution in [0.15, 0.2) is 92.3 Å². The van der Waals surface area contributed by atoms with E-state index in [0.29, 0.717) is 22.4 Å². The predicted molar refractivity (Wildman–Crippen MR) is 125 cm³/mol. The molecule has 0 bridgehead atoms. The Morgan fingerprint density at radius 3 is 2.90 bits per heavy atom. The van der Waals surface area contributed by atoms with Crippen molar-refractivity contribution in [1.82, 2.24) is 10.3 Å². The Morgan fingerprint density at radius 1 is 1.19 bits per heavy atom. The number of hydrogen-bond acceptors (Lipinski definition) is 6. The van der Waals surface area contributed by atoms with Crippen LogP contribution in [0.1, 0.15) is 11.9 Å². The molecule has 3 heterocycles. The lowest BCUT2D eigenvalue weighted by Crippen LogP contribution is -2.50. The smallest absolute Gasteiger partial charge is 0.276 e. The molecule has 31 heavy (non-hydrogen) atoms. The minimum atomic E-state index is -0.587. The van der Waals surface area contributed by atoms with E-state index in [0.717, 1.165) is 26.4 Å². The zero-order valence-corrected chi connectivity index (χ0v) is 18.7. The number of carbonyl (C=O) groups excluding carboxylic acids is 1. The van der Waals surface area contributed by atoms with Gasteiger partial charge in [-0.05, 0) is 30.3 Å². The molecule has 1 N–H and O–H groups in total. The summed E-state index contributed by atoms with van der Waals surface area (Å²) in [5.41, 5.74) is 1.40. The van der Waals surface area contributed by atoms with Crippen LogP contribution in [0.2, 0.25) is 0 Å². The summed E-state index contributed by atoms with van der Waals surface area (Å²) < 4.78 is 7.15. The van der Waals surface area contributed by atoms with Gasteiger partial charge in [0.2, 0.25) is 6.17 Å². The van der Waals surface area contributed by atoms with Gasteiger partial charge in [0.05, 0.1) is 5.36 Å². The van der Waals surface area contributed by atoms with Crippen LogP contribution < -0.4 is 15.9 Å². The molecule has 0 fully saturated rings. The van der Waals surface area contributed by atoms with Crippen molar-refractivity contribution in [3.63, 3.8) is 0 Å². The number of nitrogens with one attached hydrogen (secondary N) is 1. The molecular weight excluding hydrogens is 476 g/mol. The molecule has 2 aliphatic heterocycles. The SMILES string of the molecule is C=CCSC1=NN2C(=c3ccccc3=N[C@H]2c2ccc(-c3cccc(Br)c3)o2)C(=O)N1. The van der Waals surface area contributed by atoms with Crippen LogP contribution in [0.3, 0.4) is 0 Å². The molecule has 0 unspecified atom stereocenters. The van der Waals surface area contributed by atoms with E-state index in [-0.39, 0.29) is 5.91 Å². The van der Waals surface area contributed by atoms with Crippen LogP contribution in [0, 0.1) is 0 Å². The van der Waals surface area contributed by atoms with E-state index in [1.54, 1.807) is 11.1 Å². The fourth-order valence-corrected chi connectivity index (χ4v) is 4.49. The van der Waals surface area contributed by atoms with Gasteiger partial charge in [-0.15, -0.1) is 11.7 Å². The maximum atomic E-state index is 13.0.